The molecular weight excluding hydrogens is 215 g/mol. The highest BCUT2D eigenvalue weighted by Gasteiger charge is 2.23. The average Bonchev–Trinajstić information content (AvgIpc) is 2.09. The van der Waals surface area contributed by atoms with Crippen molar-refractivity contribution < 1.29 is 13.2 Å². The molecule has 0 saturated heterocycles. The Balaban J connectivity index is 0.00000169. The third kappa shape index (κ3) is 2.89. The Hall–Kier alpha value is -0.740. The van der Waals surface area contributed by atoms with Gasteiger partial charge in [0.25, 0.3) is 0 Å². The predicted molar refractivity (Wildman–Crippen MR) is 51.4 cm³/mol. The maximum absolute atomic E-state index is 13.0. The van der Waals surface area contributed by atoms with E-state index in [-0.39, 0.29) is 24.5 Å². The van der Waals surface area contributed by atoms with Gasteiger partial charge in [0.05, 0.1) is 5.92 Å². The summed E-state index contributed by atoms with van der Waals surface area (Å²) in [6.07, 6.45) is -2.62. The van der Waals surface area contributed by atoms with Gasteiger partial charge in [-0.2, -0.15) is 0 Å². The van der Waals surface area contributed by atoms with Crippen molar-refractivity contribution in [2.24, 2.45) is 5.73 Å². The van der Waals surface area contributed by atoms with Gasteiger partial charge in [0.2, 0.25) is 6.43 Å². The van der Waals surface area contributed by atoms with E-state index in [0.717, 1.165) is 6.07 Å². The summed E-state index contributed by atoms with van der Waals surface area (Å²) in [7, 11) is 0. The first-order valence-electron chi connectivity index (χ1n) is 3.89. The normalized spacial score (nSPS) is 12.4. The summed E-state index contributed by atoms with van der Waals surface area (Å²) in [6.45, 7) is -0.251. The number of nitrogens with two attached hydrogens (primary N) is 1. The lowest BCUT2D eigenvalue weighted by Gasteiger charge is -2.14. The Morgan fingerprint density at radius 3 is 2.21 bits per heavy atom. The molecule has 0 heterocycles. The fourth-order valence-corrected chi connectivity index (χ4v) is 1.14. The highest BCUT2D eigenvalue weighted by molar-refractivity contribution is 5.85. The van der Waals surface area contributed by atoms with Crippen molar-refractivity contribution in [1.29, 1.82) is 0 Å². The molecule has 1 aromatic rings. The molecule has 0 amide bonds. The van der Waals surface area contributed by atoms with E-state index < -0.39 is 18.2 Å². The second-order valence-corrected chi connectivity index (χ2v) is 2.70. The van der Waals surface area contributed by atoms with Crippen LogP contribution in [-0.2, 0) is 0 Å². The lowest BCUT2D eigenvalue weighted by Crippen LogP contribution is -2.20. The van der Waals surface area contributed by atoms with Crippen LogP contribution in [0.3, 0.4) is 0 Å². The number of halogens is 4. The van der Waals surface area contributed by atoms with Crippen molar-refractivity contribution in [3.63, 3.8) is 0 Å². The molecule has 1 atom stereocenters. The smallest absolute Gasteiger partial charge is 0.246 e. The van der Waals surface area contributed by atoms with Crippen LogP contribution in [0.15, 0.2) is 24.3 Å². The molecule has 0 radical (unpaired) electrons. The fourth-order valence-electron chi connectivity index (χ4n) is 1.14. The number of benzene rings is 1. The second kappa shape index (κ2) is 5.88. The highest BCUT2D eigenvalue weighted by atomic mass is 35.5. The quantitative estimate of drug-likeness (QED) is 0.841. The summed E-state index contributed by atoms with van der Waals surface area (Å²) < 4.78 is 37.6. The zero-order chi connectivity index (χ0) is 9.84. The summed E-state index contributed by atoms with van der Waals surface area (Å²) in [5.74, 6) is -1.83. The molecule has 1 nitrogen and oxygen atoms in total. The molecule has 0 aromatic heterocycles. The monoisotopic (exact) mass is 225 g/mol. The van der Waals surface area contributed by atoms with E-state index in [4.69, 9.17) is 5.73 Å². The third-order valence-electron chi connectivity index (χ3n) is 1.86. The van der Waals surface area contributed by atoms with Gasteiger partial charge in [-0.3, -0.25) is 0 Å². The first-order valence-corrected chi connectivity index (χ1v) is 3.89. The maximum Gasteiger partial charge on any atom is 0.246 e. The molecule has 0 bridgehead atoms. The van der Waals surface area contributed by atoms with Crippen LogP contribution in [0.5, 0.6) is 0 Å². The fraction of sp³-hybridized carbons (Fsp3) is 0.333. The third-order valence-corrected chi connectivity index (χ3v) is 1.86. The zero-order valence-electron chi connectivity index (χ0n) is 7.29. The minimum Gasteiger partial charge on any atom is -0.330 e. The van der Waals surface area contributed by atoms with Gasteiger partial charge < -0.3 is 5.73 Å². The Morgan fingerprint density at radius 2 is 1.79 bits per heavy atom. The van der Waals surface area contributed by atoms with Crippen LogP contribution in [0.2, 0.25) is 0 Å². The summed E-state index contributed by atoms with van der Waals surface area (Å²) in [4.78, 5) is 0. The van der Waals surface area contributed by atoms with E-state index in [9.17, 15) is 13.2 Å². The SMILES string of the molecule is Cl.NCC(c1ccccc1F)C(F)F. The van der Waals surface area contributed by atoms with E-state index in [1.54, 1.807) is 0 Å². The van der Waals surface area contributed by atoms with Crippen LogP contribution >= 0.6 is 12.4 Å². The zero-order valence-corrected chi connectivity index (χ0v) is 8.11. The van der Waals surface area contributed by atoms with Gasteiger partial charge in [0, 0.05) is 6.54 Å². The summed E-state index contributed by atoms with van der Waals surface area (Å²) in [5, 5.41) is 0. The van der Waals surface area contributed by atoms with Crippen molar-refractivity contribution in [2.45, 2.75) is 12.3 Å². The Bertz CT molecular complexity index is 281. The number of alkyl halides is 2. The molecule has 0 aliphatic rings. The molecule has 0 spiro atoms. The molecule has 0 aliphatic heterocycles. The first-order chi connectivity index (χ1) is 6.16. The second-order valence-electron chi connectivity index (χ2n) is 2.70. The predicted octanol–water partition coefficient (Wildman–Crippen LogP) is 2.55. The Kier molecular flexibility index (Phi) is 5.57. The van der Waals surface area contributed by atoms with E-state index in [0.29, 0.717) is 0 Å². The van der Waals surface area contributed by atoms with Crippen molar-refractivity contribution in [3.8, 4) is 0 Å². The molecule has 0 fully saturated rings. The van der Waals surface area contributed by atoms with Crippen LogP contribution in [0.1, 0.15) is 11.5 Å². The van der Waals surface area contributed by atoms with Gasteiger partial charge in [-0.05, 0) is 11.6 Å². The Labute approximate surface area is 86.5 Å². The van der Waals surface area contributed by atoms with E-state index >= 15 is 0 Å². The van der Waals surface area contributed by atoms with Gasteiger partial charge in [-0.25, -0.2) is 13.2 Å². The molecule has 1 unspecified atom stereocenters. The highest BCUT2D eigenvalue weighted by Crippen LogP contribution is 2.24. The molecule has 1 rings (SSSR count). The molecule has 0 aliphatic carbocycles. The minimum absolute atomic E-state index is 0. The van der Waals surface area contributed by atoms with Crippen molar-refractivity contribution in [1.82, 2.24) is 0 Å². The number of rotatable bonds is 3. The average molecular weight is 226 g/mol. The van der Waals surface area contributed by atoms with Crippen LogP contribution in [0, 0.1) is 5.82 Å². The van der Waals surface area contributed by atoms with Crippen molar-refractivity contribution in [3.05, 3.63) is 35.6 Å². The minimum atomic E-state index is -2.62. The van der Waals surface area contributed by atoms with Crippen LogP contribution in [0.4, 0.5) is 13.2 Å². The lowest BCUT2D eigenvalue weighted by molar-refractivity contribution is 0.115. The molecule has 2 N–H and O–H groups in total. The van der Waals surface area contributed by atoms with Gasteiger partial charge in [-0.1, -0.05) is 18.2 Å². The lowest BCUT2D eigenvalue weighted by atomic mass is 9.99. The molecule has 5 heteroatoms. The maximum atomic E-state index is 13.0. The van der Waals surface area contributed by atoms with E-state index in [2.05, 4.69) is 0 Å². The summed E-state index contributed by atoms with van der Waals surface area (Å²) in [6, 6.07) is 5.46. The first kappa shape index (κ1) is 13.3. The summed E-state index contributed by atoms with van der Waals surface area (Å²) in [5.41, 5.74) is 5.11. The van der Waals surface area contributed by atoms with Crippen LogP contribution < -0.4 is 5.73 Å². The van der Waals surface area contributed by atoms with E-state index in [1.807, 2.05) is 0 Å². The topological polar surface area (TPSA) is 26.0 Å². The van der Waals surface area contributed by atoms with E-state index in [1.165, 1.54) is 18.2 Å². The molecule has 1 aromatic carbocycles. The molecular formula is C9H11ClF3N. The molecule has 14 heavy (non-hydrogen) atoms. The van der Waals surface area contributed by atoms with Crippen LogP contribution in [-0.4, -0.2) is 13.0 Å². The van der Waals surface area contributed by atoms with Crippen molar-refractivity contribution >= 4 is 12.4 Å². The number of hydrogen-bond acceptors (Lipinski definition) is 1. The van der Waals surface area contributed by atoms with Gasteiger partial charge in [0.15, 0.2) is 0 Å². The van der Waals surface area contributed by atoms with Crippen molar-refractivity contribution in [2.75, 3.05) is 6.54 Å². The Morgan fingerprint density at radius 1 is 1.21 bits per heavy atom. The van der Waals surface area contributed by atoms with Crippen LogP contribution in [0.25, 0.3) is 0 Å². The standard InChI is InChI=1S/C9H10F3N.ClH/c10-8-4-2-1-3-6(8)7(5-13)9(11)12;/h1-4,7,9H,5,13H2;1H. The van der Waals surface area contributed by atoms with Gasteiger partial charge in [-0.15, -0.1) is 12.4 Å². The summed E-state index contributed by atoms with van der Waals surface area (Å²) >= 11 is 0. The van der Waals surface area contributed by atoms with Gasteiger partial charge >= 0.3 is 0 Å². The van der Waals surface area contributed by atoms with Gasteiger partial charge in [0.1, 0.15) is 5.82 Å². The molecule has 0 saturated carbocycles. The largest absolute Gasteiger partial charge is 0.330 e. The molecule has 80 valence electrons. The number of hydrogen-bond donors (Lipinski definition) is 1.